The Morgan fingerprint density at radius 1 is 1.50 bits per heavy atom. The summed E-state index contributed by atoms with van der Waals surface area (Å²) in [5, 5.41) is 10.3. The van der Waals surface area contributed by atoms with E-state index in [4.69, 9.17) is 0 Å². The van der Waals surface area contributed by atoms with Gasteiger partial charge in [-0.3, -0.25) is 19.8 Å². The van der Waals surface area contributed by atoms with Crippen LogP contribution in [0.5, 0.6) is 0 Å². The van der Waals surface area contributed by atoms with E-state index in [-0.39, 0.29) is 11.9 Å². The fraction of sp³-hybridized carbons (Fsp3) is 0.308. The Bertz CT molecular complexity index is 579. The molecule has 0 spiro atoms. The molecule has 1 atom stereocenters. The highest BCUT2D eigenvalue weighted by molar-refractivity contribution is 7.99. The molecule has 3 heterocycles. The zero-order chi connectivity index (χ0) is 13.8. The van der Waals surface area contributed by atoms with Gasteiger partial charge in [0, 0.05) is 30.2 Å². The van der Waals surface area contributed by atoms with Gasteiger partial charge in [-0.2, -0.15) is 5.10 Å². The first-order chi connectivity index (χ1) is 9.81. The van der Waals surface area contributed by atoms with Gasteiger partial charge in [-0.15, -0.1) is 11.8 Å². The van der Waals surface area contributed by atoms with Crippen LogP contribution in [0.1, 0.15) is 5.56 Å². The molecule has 1 fully saturated rings. The second-order valence-electron chi connectivity index (χ2n) is 4.54. The molecule has 1 aliphatic rings. The van der Waals surface area contributed by atoms with Crippen LogP contribution in [-0.2, 0) is 11.3 Å². The summed E-state index contributed by atoms with van der Waals surface area (Å²) in [6, 6.07) is 3.78. The Labute approximate surface area is 121 Å². The Morgan fingerprint density at radius 3 is 3.10 bits per heavy atom. The second-order valence-corrected chi connectivity index (χ2v) is 5.57. The van der Waals surface area contributed by atoms with Gasteiger partial charge in [0.1, 0.15) is 0 Å². The van der Waals surface area contributed by atoms with E-state index < -0.39 is 0 Å². The maximum absolute atomic E-state index is 12.0. The second kappa shape index (κ2) is 6.06. The molecule has 3 rings (SSSR count). The van der Waals surface area contributed by atoms with Gasteiger partial charge in [0.2, 0.25) is 5.91 Å². The Morgan fingerprint density at radius 2 is 2.35 bits per heavy atom. The van der Waals surface area contributed by atoms with Crippen molar-refractivity contribution in [1.29, 1.82) is 0 Å². The first-order valence-corrected chi connectivity index (χ1v) is 7.50. The lowest BCUT2D eigenvalue weighted by atomic mass is 10.3. The van der Waals surface area contributed by atoms with Crippen molar-refractivity contribution in [2.45, 2.75) is 12.6 Å². The highest BCUT2D eigenvalue weighted by Gasteiger charge is 2.22. The van der Waals surface area contributed by atoms with Crippen molar-refractivity contribution in [2.75, 3.05) is 16.9 Å². The Kier molecular flexibility index (Phi) is 3.98. The zero-order valence-electron chi connectivity index (χ0n) is 10.8. The molecule has 0 bridgehead atoms. The van der Waals surface area contributed by atoms with E-state index in [2.05, 4.69) is 20.7 Å². The zero-order valence-corrected chi connectivity index (χ0v) is 11.6. The normalized spacial score (nSPS) is 18.1. The molecule has 1 saturated heterocycles. The molecule has 2 N–H and O–H groups in total. The third kappa shape index (κ3) is 3.17. The topological polar surface area (TPSA) is 71.8 Å². The fourth-order valence-electron chi connectivity index (χ4n) is 1.98. The summed E-state index contributed by atoms with van der Waals surface area (Å²) in [6.45, 7) is 0.663. The van der Waals surface area contributed by atoms with Gasteiger partial charge in [0.25, 0.3) is 0 Å². The number of carbonyl (C=O) groups excluding carboxylic acids is 1. The number of nitrogens with zero attached hydrogens (tertiary/aromatic N) is 3. The summed E-state index contributed by atoms with van der Waals surface area (Å²) in [6.07, 6.45) is 7.01. The smallest absolute Gasteiger partial charge is 0.242 e. The summed E-state index contributed by atoms with van der Waals surface area (Å²) in [4.78, 5) is 15.9. The Hall–Kier alpha value is -1.86. The standard InChI is InChI=1S/C13H15N5OS/c19-13(12-8-20-9-15-12)17-11-5-16-18(7-11)6-10-1-3-14-4-2-10/h1-5,7,12,15H,6,8-9H2,(H,17,19). The van der Waals surface area contributed by atoms with E-state index in [0.29, 0.717) is 6.54 Å². The highest BCUT2D eigenvalue weighted by atomic mass is 32.2. The SMILES string of the molecule is O=C(Nc1cnn(Cc2ccncc2)c1)C1CSCN1. The number of nitrogens with one attached hydrogen (secondary N) is 2. The van der Waals surface area contributed by atoms with E-state index in [9.17, 15) is 4.79 Å². The summed E-state index contributed by atoms with van der Waals surface area (Å²) in [7, 11) is 0. The first kappa shape index (κ1) is 13.1. The van der Waals surface area contributed by atoms with E-state index in [1.807, 2.05) is 18.3 Å². The molecule has 2 aromatic heterocycles. The predicted molar refractivity (Wildman–Crippen MR) is 78.4 cm³/mol. The van der Waals surface area contributed by atoms with Crippen LogP contribution in [0.15, 0.2) is 36.9 Å². The number of thioether (sulfide) groups is 1. The monoisotopic (exact) mass is 289 g/mol. The van der Waals surface area contributed by atoms with Crippen LogP contribution in [0.4, 0.5) is 5.69 Å². The molecule has 1 amide bonds. The van der Waals surface area contributed by atoms with Gasteiger partial charge >= 0.3 is 0 Å². The molecule has 1 aliphatic heterocycles. The number of carbonyl (C=O) groups is 1. The summed E-state index contributed by atoms with van der Waals surface area (Å²) >= 11 is 1.73. The number of rotatable bonds is 4. The average Bonchev–Trinajstić information content (AvgIpc) is 3.11. The minimum Gasteiger partial charge on any atom is -0.322 e. The number of hydrogen-bond donors (Lipinski definition) is 2. The lowest BCUT2D eigenvalue weighted by Crippen LogP contribution is -2.37. The van der Waals surface area contributed by atoms with Crippen molar-refractivity contribution in [3.63, 3.8) is 0 Å². The minimum absolute atomic E-state index is 0.00142. The van der Waals surface area contributed by atoms with Gasteiger partial charge in [-0.05, 0) is 17.7 Å². The largest absolute Gasteiger partial charge is 0.322 e. The number of aromatic nitrogens is 3. The molecule has 0 saturated carbocycles. The van der Waals surface area contributed by atoms with E-state index in [0.717, 1.165) is 22.9 Å². The van der Waals surface area contributed by atoms with Crippen molar-refractivity contribution in [3.05, 3.63) is 42.5 Å². The van der Waals surface area contributed by atoms with Gasteiger partial charge in [0.15, 0.2) is 0 Å². The van der Waals surface area contributed by atoms with E-state index in [1.165, 1.54) is 0 Å². The lowest BCUT2D eigenvalue weighted by Gasteiger charge is -2.08. The fourth-order valence-corrected chi connectivity index (χ4v) is 2.92. The van der Waals surface area contributed by atoms with Crippen LogP contribution in [-0.4, -0.2) is 38.3 Å². The molecule has 0 radical (unpaired) electrons. The van der Waals surface area contributed by atoms with Crippen LogP contribution >= 0.6 is 11.8 Å². The predicted octanol–water partition coefficient (Wildman–Crippen LogP) is 0.927. The molecule has 0 aliphatic carbocycles. The van der Waals surface area contributed by atoms with Crippen LogP contribution in [0.2, 0.25) is 0 Å². The summed E-state index contributed by atoms with van der Waals surface area (Å²) in [5.74, 6) is 1.65. The van der Waals surface area contributed by atoms with Crippen LogP contribution in [0, 0.1) is 0 Å². The highest BCUT2D eigenvalue weighted by Crippen LogP contribution is 2.13. The molecule has 104 valence electrons. The van der Waals surface area contributed by atoms with Crippen LogP contribution in [0.3, 0.4) is 0 Å². The molecule has 2 aromatic rings. The summed E-state index contributed by atoms with van der Waals surface area (Å²) in [5.41, 5.74) is 1.84. The van der Waals surface area contributed by atoms with Gasteiger partial charge in [-0.25, -0.2) is 0 Å². The van der Waals surface area contributed by atoms with Crippen molar-refractivity contribution in [2.24, 2.45) is 0 Å². The molecular formula is C13H15N5OS. The molecule has 20 heavy (non-hydrogen) atoms. The van der Waals surface area contributed by atoms with Gasteiger partial charge < -0.3 is 5.32 Å². The molecule has 6 nitrogen and oxygen atoms in total. The molecule has 0 aromatic carbocycles. The lowest BCUT2D eigenvalue weighted by molar-refractivity contribution is -0.117. The Balaban J connectivity index is 1.60. The first-order valence-electron chi connectivity index (χ1n) is 6.34. The van der Waals surface area contributed by atoms with E-state index >= 15 is 0 Å². The van der Waals surface area contributed by atoms with E-state index in [1.54, 1.807) is 35.0 Å². The third-order valence-corrected chi connectivity index (χ3v) is 3.97. The van der Waals surface area contributed by atoms with Crippen molar-refractivity contribution >= 4 is 23.4 Å². The average molecular weight is 289 g/mol. The van der Waals surface area contributed by atoms with Gasteiger partial charge in [0.05, 0.1) is 24.5 Å². The van der Waals surface area contributed by atoms with Crippen molar-refractivity contribution < 1.29 is 4.79 Å². The molecule has 7 heteroatoms. The maximum Gasteiger partial charge on any atom is 0.242 e. The summed E-state index contributed by atoms with van der Waals surface area (Å²) < 4.78 is 1.79. The molecular weight excluding hydrogens is 274 g/mol. The van der Waals surface area contributed by atoms with Crippen molar-refractivity contribution in [1.82, 2.24) is 20.1 Å². The van der Waals surface area contributed by atoms with Crippen LogP contribution < -0.4 is 10.6 Å². The van der Waals surface area contributed by atoms with Gasteiger partial charge in [-0.1, -0.05) is 0 Å². The number of pyridine rings is 1. The number of anilines is 1. The number of hydrogen-bond acceptors (Lipinski definition) is 5. The van der Waals surface area contributed by atoms with Crippen LogP contribution in [0.25, 0.3) is 0 Å². The molecule has 1 unspecified atom stereocenters. The minimum atomic E-state index is -0.108. The number of amides is 1. The maximum atomic E-state index is 12.0. The quantitative estimate of drug-likeness (QED) is 0.876. The third-order valence-electron chi connectivity index (χ3n) is 3.03. The van der Waals surface area contributed by atoms with Crippen molar-refractivity contribution in [3.8, 4) is 0 Å².